The van der Waals surface area contributed by atoms with Gasteiger partial charge in [-0.15, -0.1) is 11.3 Å². The Morgan fingerprint density at radius 3 is 2.46 bits per heavy atom. The summed E-state index contributed by atoms with van der Waals surface area (Å²) in [6.45, 7) is 5.13. The van der Waals surface area contributed by atoms with Gasteiger partial charge in [-0.25, -0.2) is 21.8 Å². The quantitative estimate of drug-likeness (QED) is 0.695. The van der Waals surface area contributed by atoms with Crippen LogP contribution >= 0.6 is 11.3 Å². The summed E-state index contributed by atoms with van der Waals surface area (Å²) in [4.78, 5) is 4.35. The van der Waals surface area contributed by atoms with Gasteiger partial charge < -0.3 is 0 Å². The molecule has 0 saturated carbocycles. The van der Waals surface area contributed by atoms with Gasteiger partial charge in [0, 0.05) is 0 Å². The highest BCUT2D eigenvalue weighted by Gasteiger charge is 2.20. The first-order valence-corrected chi connectivity index (χ1v) is 11.8. The van der Waals surface area contributed by atoms with E-state index in [0.29, 0.717) is 21.5 Å². The molecule has 0 aliphatic heterocycles. The molecule has 0 unspecified atom stereocenters. The summed E-state index contributed by atoms with van der Waals surface area (Å²) in [5, 5.41) is 0. The fourth-order valence-corrected chi connectivity index (χ4v) is 6.16. The molecule has 3 rings (SSSR count). The van der Waals surface area contributed by atoms with Gasteiger partial charge >= 0.3 is 0 Å². The minimum atomic E-state index is -3.75. The molecule has 2 aromatic carbocycles. The minimum absolute atomic E-state index is 0.0288. The average Bonchev–Trinajstić information content (AvgIpc) is 3.00. The third-order valence-electron chi connectivity index (χ3n) is 3.90. The molecular formula is C17H18N2O4S3. The maximum atomic E-state index is 12.7. The summed E-state index contributed by atoms with van der Waals surface area (Å²) in [5.41, 5.74) is 2.39. The van der Waals surface area contributed by atoms with Crippen molar-refractivity contribution in [3.05, 3.63) is 47.5 Å². The number of aromatic nitrogens is 1. The summed E-state index contributed by atoms with van der Waals surface area (Å²) in [6, 6.07) is 10.0. The fraction of sp³-hybridized carbons (Fsp3) is 0.235. The van der Waals surface area contributed by atoms with Crippen LogP contribution in [-0.2, 0) is 19.9 Å². The van der Waals surface area contributed by atoms with Crippen LogP contribution in [0, 0.1) is 13.8 Å². The topological polar surface area (TPSA) is 93.2 Å². The third kappa shape index (κ3) is 3.60. The van der Waals surface area contributed by atoms with E-state index >= 15 is 0 Å². The molecule has 1 N–H and O–H groups in total. The van der Waals surface area contributed by atoms with E-state index in [9.17, 15) is 16.8 Å². The number of sulfone groups is 1. The Bertz CT molecular complexity index is 1200. The molecule has 6 nitrogen and oxygen atoms in total. The summed E-state index contributed by atoms with van der Waals surface area (Å²) in [5.74, 6) is -0.0288. The first-order chi connectivity index (χ1) is 12.1. The number of sulfonamides is 1. The number of nitrogens with one attached hydrogen (secondary N) is 1. The average molecular weight is 411 g/mol. The molecule has 1 aromatic heterocycles. The van der Waals surface area contributed by atoms with Crippen molar-refractivity contribution in [3.63, 3.8) is 0 Å². The molecule has 138 valence electrons. The van der Waals surface area contributed by atoms with E-state index in [1.807, 2.05) is 13.0 Å². The molecule has 9 heteroatoms. The number of rotatable bonds is 5. The molecule has 3 aromatic rings. The Balaban J connectivity index is 2.00. The van der Waals surface area contributed by atoms with E-state index in [0.717, 1.165) is 16.9 Å². The zero-order chi connectivity index (χ0) is 19.1. The molecule has 26 heavy (non-hydrogen) atoms. The second-order valence-electron chi connectivity index (χ2n) is 5.94. The van der Waals surface area contributed by atoms with Crippen molar-refractivity contribution in [1.29, 1.82) is 0 Å². The van der Waals surface area contributed by atoms with Crippen molar-refractivity contribution in [2.75, 3.05) is 10.5 Å². The fourth-order valence-electron chi connectivity index (χ4n) is 2.43. The molecule has 0 spiro atoms. The van der Waals surface area contributed by atoms with Crippen molar-refractivity contribution < 1.29 is 16.8 Å². The summed E-state index contributed by atoms with van der Waals surface area (Å²) in [7, 11) is -7.14. The molecule has 0 saturated heterocycles. The number of fused-ring (bicyclic) bond motifs is 1. The first kappa shape index (κ1) is 18.8. The van der Waals surface area contributed by atoms with Crippen molar-refractivity contribution in [3.8, 4) is 0 Å². The van der Waals surface area contributed by atoms with E-state index in [2.05, 4.69) is 9.71 Å². The number of anilines is 1. The molecule has 0 aliphatic rings. The SMILES string of the molecule is CCS(=O)(=O)c1nc2ccc(NS(=O)(=O)c3cc(C)ccc3C)cc2s1. The normalized spacial score (nSPS) is 12.4. The number of hydrogen-bond acceptors (Lipinski definition) is 6. The number of nitrogens with zero attached hydrogens (tertiary/aromatic N) is 1. The molecule has 0 atom stereocenters. The van der Waals surface area contributed by atoms with Crippen molar-refractivity contribution in [2.24, 2.45) is 0 Å². The van der Waals surface area contributed by atoms with Crippen LogP contribution in [0.3, 0.4) is 0 Å². The Morgan fingerprint density at radius 2 is 1.77 bits per heavy atom. The molecule has 0 amide bonds. The summed E-state index contributed by atoms with van der Waals surface area (Å²) < 4.78 is 52.6. The van der Waals surface area contributed by atoms with Gasteiger partial charge in [0.25, 0.3) is 10.0 Å². The van der Waals surface area contributed by atoms with Crippen LogP contribution in [0.5, 0.6) is 0 Å². The Morgan fingerprint density at radius 1 is 1.04 bits per heavy atom. The highest BCUT2D eigenvalue weighted by molar-refractivity contribution is 7.93. The highest BCUT2D eigenvalue weighted by Crippen LogP contribution is 2.29. The third-order valence-corrected chi connectivity index (χ3v) is 8.63. The monoisotopic (exact) mass is 410 g/mol. The van der Waals surface area contributed by atoms with E-state index in [1.165, 1.54) is 0 Å². The van der Waals surface area contributed by atoms with Crippen LogP contribution in [-0.4, -0.2) is 27.6 Å². The maximum absolute atomic E-state index is 12.7. The summed E-state index contributed by atoms with van der Waals surface area (Å²) >= 11 is 1.04. The number of hydrogen-bond donors (Lipinski definition) is 1. The first-order valence-electron chi connectivity index (χ1n) is 7.86. The standard InChI is InChI=1S/C17H18N2O4S3/c1-4-25(20,21)17-18-14-8-7-13(10-15(14)24-17)19-26(22,23)16-9-11(2)5-6-12(16)3/h5-10,19H,4H2,1-3H3. The van der Waals surface area contributed by atoms with E-state index in [-0.39, 0.29) is 15.0 Å². The lowest BCUT2D eigenvalue weighted by Gasteiger charge is -2.11. The summed E-state index contributed by atoms with van der Waals surface area (Å²) in [6.07, 6.45) is 0. The smallest absolute Gasteiger partial charge is 0.262 e. The lowest BCUT2D eigenvalue weighted by Crippen LogP contribution is -2.14. The zero-order valence-corrected chi connectivity index (χ0v) is 16.9. The van der Waals surface area contributed by atoms with Crippen molar-refractivity contribution >= 4 is 47.1 Å². The lowest BCUT2D eigenvalue weighted by atomic mass is 10.2. The predicted molar refractivity (Wildman–Crippen MR) is 104 cm³/mol. The molecule has 0 aliphatic carbocycles. The Kier molecular flexibility index (Phi) is 4.80. The minimum Gasteiger partial charge on any atom is -0.280 e. The van der Waals surface area contributed by atoms with Gasteiger partial charge in [0.1, 0.15) is 0 Å². The molecule has 1 heterocycles. The van der Waals surface area contributed by atoms with E-state index in [4.69, 9.17) is 0 Å². The van der Waals surface area contributed by atoms with Gasteiger partial charge in [-0.3, -0.25) is 4.72 Å². The maximum Gasteiger partial charge on any atom is 0.262 e. The van der Waals surface area contributed by atoms with Crippen LogP contribution in [0.1, 0.15) is 18.1 Å². The van der Waals surface area contributed by atoms with Crippen LogP contribution in [0.25, 0.3) is 10.2 Å². The zero-order valence-electron chi connectivity index (χ0n) is 14.5. The van der Waals surface area contributed by atoms with Gasteiger partial charge in [-0.2, -0.15) is 0 Å². The largest absolute Gasteiger partial charge is 0.280 e. The lowest BCUT2D eigenvalue weighted by molar-refractivity contribution is 0.596. The molecule has 0 radical (unpaired) electrons. The highest BCUT2D eigenvalue weighted by atomic mass is 32.2. The number of benzene rings is 2. The molecule has 0 fully saturated rings. The second kappa shape index (κ2) is 6.64. The second-order valence-corrected chi connectivity index (χ2v) is 11.1. The van der Waals surface area contributed by atoms with Gasteiger partial charge in [-0.05, 0) is 49.2 Å². The number of aryl methyl sites for hydroxylation is 2. The van der Waals surface area contributed by atoms with Crippen LogP contribution < -0.4 is 4.72 Å². The van der Waals surface area contributed by atoms with Crippen LogP contribution in [0.2, 0.25) is 0 Å². The number of thiazole rings is 1. The molecule has 0 bridgehead atoms. The Hall–Kier alpha value is -1.97. The van der Waals surface area contributed by atoms with E-state index < -0.39 is 19.9 Å². The van der Waals surface area contributed by atoms with Gasteiger partial charge in [-0.1, -0.05) is 19.1 Å². The predicted octanol–water partition coefficient (Wildman–Crippen LogP) is 3.51. The van der Waals surface area contributed by atoms with Crippen molar-refractivity contribution in [2.45, 2.75) is 30.0 Å². The molecular weight excluding hydrogens is 392 g/mol. The van der Waals surface area contributed by atoms with Gasteiger partial charge in [0.05, 0.1) is 26.6 Å². The van der Waals surface area contributed by atoms with Gasteiger partial charge in [0.15, 0.2) is 0 Å². The van der Waals surface area contributed by atoms with Crippen LogP contribution in [0.15, 0.2) is 45.6 Å². The van der Waals surface area contributed by atoms with Gasteiger partial charge in [0.2, 0.25) is 14.2 Å². The van der Waals surface area contributed by atoms with Crippen LogP contribution in [0.4, 0.5) is 5.69 Å². The van der Waals surface area contributed by atoms with E-state index in [1.54, 1.807) is 44.2 Å². The van der Waals surface area contributed by atoms with Crippen molar-refractivity contribution in [1.82, 2.24) is 4.98 Å². The Labute approximate surface area is 156 Å².